The van der Waals surface area contributed by atoms with Gasteiger partial charge in [-0.25, -0.2) is 0 Å². The fourth-order valence-corrected chi connectivity index (χ4v) is 2.33. The maximum atomic E-state index is 9.71. The highest BCUT2D eigenvalue weighted by atomic mass is 127. The lowest BCUT2D eigenvalue weighted by Crippen LogP contribution is -2.25. The third-order valence-corrected chi connectivity index (χ3v) is 3.46. The van der Waals surface area contributed by atoms with Crippen molar-refractivity contribution in [2.24, 2.45) is 16.6 Å². The topological polar surface area (TPSA) is 79.9 Å². The number of aliphatic imine (C=N–C) groups is 1. The predicted octanol–water partition coefficient (Wildman–Crippen LogP) is 2.20. The number of hydrogen-bond acceptors (Lipinski definition) is 3. The van der Waals surface area contributed by atoms with Crippen LogP contribution in [0.25, 0.3) is 0 Å². The van der Waals surface area contributed by atoms with Crippen LogP contribution in [0.2, 0.25) is 0 Å². The second-order valence-electron chi connectivity index (χ2n) is 4.84. The van der Waals surface area contributed by atoms with E-state index in [1.54, 1.807) is 7.11 Å². The van der Waals surface area contributed by atoms with Crippen LogP contribution < -0.4 is 15.8 Å². The Bertz CT molecular complexity index is 454. The molecule has 0 aliphatic heterocycles. The molecular formula is C14H22IN3O2. The van der Waals surface area contributed by atoms with Gasteiger partial charge in [0, 0.05) is 24.2 Å². The first-order valence-corrected chi connectivity index (χ1v) is 6.58. The Kier molecular flexibility index (Phi) is 7.08. The van der Waals surface area contributed by atoms with Gasteiger partial charge in [-0.15, -0.1) is 24.0 Å². The largest absolute Gasteiger partial charge is 0.497 e. The van der Waals surface area contributed by atoms with E-state index in [1.165, 1.54) is 0 Å². The third kappa shape index (κ3) is 4.82. The molecule has 6 heteroatoms. The van der Waals surface area contributed by atoms with Gasteiger partial charge in [-0.1, -0.05) is 12.5 Å². The second kappa shape index (κ2) is 8.31. The zero-order valence-corrected chi connectivity index (χ0v) is 13.9. The third-order valence-electron chi connectivity index (χ3n) is 3.46. The van der Waals surface area contributed by atoms with E-state index in [2.05, 4.69) is 10.3 Å². The van der Waals surface area contributed by atoms with Crippen LogP contribution in [0.1, 0.15) is 19.3 Å². The maximum Gasteiger partial charge on any atom is 0.193 e. The molecular weight excluding hydrogens is 369 g/mol. The van der Waals surface area contributed by atoms with Crippen molar-refractivity contribution in [2.45, 2.75) is 25.4 Å². The summed E-state index contributed by atoms with van der Waals surface area (Å²) >= 11 is 0. The van der Waals surface area contributed by atoms with Gasteiger partial charge in [-0.2, -0.15) is 0 Å². The van der Waals surface area contributed by atoms with Crippen molar-refractivity contribution in [1.82, 2.24) is 0 Å². The fraction of sp³-hybridized carbons (Fsp3) is 0.500. The number of hydrogen-bond donors (Lipinski definition) is 3. The Morgan fingerprint density at radius 2 is 2.30 bits per heavy atom. The van der Waals surface area contributed by atoms with E-state index < -0.39 is 0 Å². The average Bonchev–Trinajstić information content (AvgIpc) is 2.82. The molecule has 2 rings (SSSR count). The van der Waals surface area contributed by atoms with Crippen LogP contribution in [-0.4, -0.2) is 30.8 Å². The van der Waals surface area contributed by atoms with Gasteiger partial charge in [0.1, 0.15) is 5.75 Å². The van der Waals surface area contributed by atoms with Crippen LogP contribution in [0.4, 0.5) is 5.69 Å². The number of nitrogens with one attached hydrogen (secondary N) is 1. The van der Waals surface area contributed by atoms with E-state index in [4.69, 9.17) is 10.5 Å². The number of halogens is 1. The molecule has 5 nitrogen and oxygen atoms in total. The quantitative estimate of drug-likeness (QED) is 0.418. The molecule has 0 radical (unpaired) electrons. The standard InChI is InChI=1S/C14H21N3O2.HI/c1-19-12-6-3-5-11(8-12)17-14(15)16-9-10-4-2-7-13(10)18;/h3,5-6,8,10,13,18H,2,4,7,9H2,1H3,(H3,15,16,17);1H. The first kappa shape index (κ1) is 17.0. The number of ether oxygens (including phenoxy) is 1. The van der Waals surface area contributed by atoms with Crippen LogP contribution in [-0.2, 0) is 0 Å². The normalized spacial score (nSPS) is 22.2. The summed E-state index contributed by atoms with van der Waals surface area (Å²) < 4.78 is 5.14. The highest BCUT2D eigenvalue weighted by Gasteiger charge is 2.24. The molecule has 0 heterocycles. The molecule has 1 aliphatic carbocycles. The van der Waals surface area contributed by atoms with Crippen molar-refractivity contribution < 1.29 is 9.84 Å². The van der Waals surface area contributed by atoms with E-state index in [0.29, 0.717) is 12.5 Å². The molecule has 0 spiro atoms. The van der Waals surface area contributed by atoms with E-state index in [0.717, 1.165) is 30.7 Å². The zero-order valence-electron chi connectivity index (χ0n) is 11.6. The minimum absolute atomic E-state index is 0. The summed E-state index contributed by atoms with van der Waals surface area (Å²) in [6.07, 6.45) is 2.75. The molecule has 20 heavy (non-hydrogen) atoms. The number of rotatable bonds is 4. The minimum Gasteiger partial charge on any atom is -0.497 e. The van der Waals surface area contributed by atoms with Gasteiger partial charge in [0.05, 0.1) is 13.2 Å². The van der Waals surface area contributed by atoms with Crippen LogP contribution in [0.15, 0.2) is 29.3 Å². The Balaban J connectivity index is 0.00000200. The van der Waals surface area contributed by atoms with Gasteiger partial charge in [-0.3, -0.25) is 4.99 Å². The molecule has 112 valence electrons. The number of aliphatic hydroxyl groups excluding tert-OH is 1. The summed E-state index contributed by atoms with van der Waals surface area (Å²) in [4.78, 5) is 4.29. The number of anilines is 1. The summed E-state index contributed by atoms with van der Waals surface area (Å²) in [7, 11) is 1.62. The highest BCUT2D eigenvalue weighted by Crippen LogP contribution is 2.25. The van der Waals surface area contributed by atoms with Crippen LogP contribution in [0.3, 0.4) is 0 Å². The molecule has 0 amide bonds. The van der Waals surface area contributed by atoms with Crippen LogP contribution >= 0.6 is 24.0 Å². The van der Waals surface area contributed by atoms with Gasteiger partial charge < -0.3 is 20.9 Å². The monoisotopic (exact) mass is 391 g/mol. The first-order valence-electron chi connectivity index (χ1n) is 6.58. The molecule has 0 bridgehead atoms. The lowest BCUT2D eigenvalue weighted by molar-refractivity contribution is 0.137. The highest BCUT2D eigenvalue weighted by molar-refractivity contribution is 14.0. The van der Waals surface area contributed by atoms with Crippen molar-refractivity contribution >= 4 is 35.6 Å². The molecule has 2 unspecified atom stereocenters. The molecule has 2 atom stereocenters. The summed E-state index contributed by atoms with van der Waals surface area (Å²) in [5.74, 6) is 1.38. The Hall–Kier alpha value is -1.02. The van der Waals surface area contributed by atoms with E-state index in [1.807, 2.05) is 24.3 Å². The summed E-state index contributed by atoms with van der Waals surface area (Å²) in [6, 6.07) is 7.50. The Labute approximate surface area is 136 Å². The molecule has 0 aromatic heterocycles. The Morgan fingerprint density at radius 1 is 1.50 bits per heavy atom. The smallest absolute Gasteiger partial charge is 0.193 e. The minimum atomic E-state index is -0.228. The van der Waals surface area contributed by atoms with Crippen molar-refractivity contribution in [3.8, 4) is 5.75 Å². The van der Waals surface area contributed by atoms with Crippen molar-refractivity contribution in [2.75, 3.05) is 19.0 Å². The van der Waals surface area contributed by atoms with Crippen molar-refractivity contribution in [3.63, 3.8) is 0 Å². The molecule has 0 saturated heterocycles. The fourth-order valence-electron chi connectivity index (χ4n) is 2.33. The SMILES string of the molecule is COc1cccc(NC(N)=NCC2CCCC2O)c1.I. The molecule has 4 N–H and O–H groups in total. The van der Waals surface area contributed by atoms with E-state index in [9.17, 15) is 5.11 Å². The second-order valence-corrected chi connectivity index (χ2v) is 4.84. The molecule has 1 aliphatic rings. The van der Waals surface area contributed by atoms with Crippen LogP contribution in [0.5, 0.6) is 5.75 Å². The average molecular weight is 391 g/mol. The van der Waals surface area contributed by atoms with Gasteiger partial charge in [0.2, 0.25) is 0 Å². The summed E-state index contributed by atoms with van der Waals surface area (Å²) in [6.45, 7) is 0.573. The van der Waals surface area contributed by atoms with Crippen molar-refractivity contribution in [1.29, 1.82) is 0 Å². The number of methoxy groups -OCH3 is 1. The molecule has 1 fully saturated rings. The lowest BCUT2D eigenvalue weighted by atomic mass is 10.1. The van der Waals surface area contributed by atoms with Gasteiger partial charge in [0.15, 0.2) is 5.96 Å². The predicted molar refractivity (Wildman–Crippen MR) is 91.9 cm³/mol. The summed E-state index contributed by atoms with van der Waals surface area (Å²) in [5.41, 5.74) is 6.68. The number of nitrogens with two attached hydrogens (primary N) is 1. The number of benzene rings is 1. The van der Waals surface area contributed by atoms with Crippen LogP contribution in [0, 0.1) is 5.92 Å². The number of aliphatic hydroxyl groups is 1. The molecule has 1 aromatic carbocycles. The number of nitrogens with zero attached hydrogens (tertiary/aromatic N) is 1. The molecule has 1 aromatic rings. The lowest BCUT2D eigenvalue weighted by Gasteiger charge is -2.12. The van der Waals surface area contributed by atoms with E-state index in [-0.39, 0.29) is 36.0 Å². The zero-order chi connectivity index (χ0) is 13.7. The van der Waals surface area contributed by atoms with Gasteiger partial charge >= 0.3 is 0 Å². The number of guanidine groups is 1. The van der Waals surface area contributed by atoms with Gasteiger partial charge in [-0.05, 0) is 25.0 Å². The Morgan fingerprint density at radius 3 is 2.95 bits per heavy atom. The van der Waals surface area contributed by atoms with Gasteiger partial charge in [0.25, 0.3) is 0 Å². The van der Waals surface area contributed by atoms with E-state index >= 15 is 0 Å². The molecule has 1 saturated carbocycles. The summed E-state index contributed by atoms with van der Waals surface area (Å²) in [5, 5.41) is 12.7. The first-order chi connectivity index (χ1) is 9.19. The van der Waals surface area contributed by atoms with Crippen molar-refractivity contribution in [3.05, 3.63) is 24.3 Å². The maximum absolute atomic E-state index is 9.71.